The Bertz CT molecular complexity index is 441. The summed E-state index contributed by atoms with van der Waals surface area (Å²) in [5.41, 5.74) is 3.70. The summed E-state index contributed by atoms with van der Waals surface area (Å²) in [4.78, 5) is 0. The molecule has 0 amide bonds. The van der Waals surface area contributed by atoms with Gasteiger partial charge in [0.25, 0.3) is 0 Å². The molecule has 0 heterocycles. The Morgan fingerprint density at radius 3 is 2.20 bits per heavy atom. The van der Waals surface area contributed by atoms with Gasteiger partial charge in [-0.3, -0.25) is 0 Å². The predicted molar refractivity (Wildman–Crippen MR) is 65.5 cm³/mol. The molecule has 0 aliphatic carbocycles. The molecule has 73 valence electrons. The quantitative estimate of drug-likeness (QED) is 0.688. The van der Waals surface area contributed by atoms with Crippen molar-refractivity contribution in [1.82, 2.24) is 0 Å². The molecule has 0 N–H and O–H groups in total. The normalized spacial score (nSPS) is 9.87. The van der Waals surface area contributed by atoms with E-state index >= 15 is 0 Å². The van der Waals surface area contributed by atoms with E-state index in [-0.39, 0.29) is 0 Å². The highest BCUT2D eigenvalue weighted by molar-refractivity contribution is 5.69. The number of rotatable bonds is 3. The monoisotopic (exact) mass is 193 g/mol. The zero-order valence-electron chi connectivity index (χ0n) is 8.56. The molecule has 2 rings (SSSR count). The van der Waals surface area contributed by atoms with Gasteiger partial charge < -0.3 is 0 Å². The minimum atomic E-state index is 1.21. The summed E-state index contributed by atoms with van der Waals surface area (Å²) in [6.07, 6.45) is 3.85. The lowest BCUT2D eigenvalue weighted by atomic mass is 9.98. The molecule has 0 fully saturated rings. The average molecular weight is 193 g/mol. The number of hydrogen-bond donors (Lipinski definition) is 0. The summed E-state index contributed by atoms with van der Waals surface area (Å²) >= 11 is 0. The molecule has 0 saturated carbocycles. The van der Waals surface area contributed by atoms with Gasteiger partial charge in [0.2, 0.25) is 0 Å². The summed E-state index contributed by atoms with van der Waals surface area (Å²) in [6, 6.07) is 18.7. The zero-order chi connectivity index (χ0) is 10.5. The second kappa shape index (κ2) is 4.61. The van der Waals surface area contributed by atoms with Crippen LogP contribution in [0.3, 0.4) is 0 Å². The highest BCUT2D eigenvalue weighted by Gasteiger charge is 2.01. The molecule has 1 radical (unpaired) electrons. The number of benzene rings is 2. The molecule has 0 aliphatic heterocycles. The minimum absolute atomic E-state index is 1.21. The standard InChI is InChI=1S/C15H13/c1-2-8-13-11-6-7-12-15(13)14-9-4-3-5-10-14/h2-12H,1H2. The highest BCUT2D eigenvalue weighted by Crippen LogP contribution is 2.24. The first-order valence-corrected chi connectivity index (χ1v) is 5.02. The first kappa shape index (κ1) is 9.72. The van der Waals surface area contributed by atoms with Crippen molar-refractivity contribution in [2.75, 3.05) is 0 Å². The first-order valence-electron chi connectivity index (χ1n) is 5.02. The van der Waals surface area contributed by atoms with Crippen molar-refractivity contribution in [1.29, 1.82) is 0 Å². The Labute approximate surface area is 90.9 Å². The smallest absolute Gasteiger partial charge is 0.0125 e. The van der Waals surface area contributed by atoms with Crippen molar-refractivity contribution in [3.63, 3.8) is 0 Å². The lowest BCUT2D eigenvalue weighted by Gasteiger charge is -2.06. The van der Waals surface area contributed by atoms with Crippen LogP contribution in [0.5, 0.6) is 0 Å². The summed E-state index contributed by atoms with van der Waals surface area (Å²) in [7, 11) is 0. The largest absolute Gasteiger partial charge is 0.102 e. The Balaban J connectivity index is 2.48. The maximum absolute atomic E-state index is 3.74. The van der Waals surface area contributed by atoms with Crippen LogP contribution in [0, 0.1) is 6.42 Å². The van der Waals surface area contributed by atoms with Crippen LogP contribution in [0.4, 0.5) is 0 Å². The maximum atomic E-state index is 3.74. The molecule has 2 aromatic rings. The van der Waals surface area contributed by atoms with Gasteiger partial charge >= 0.3 is 0 Å². The second-order valence-corrected chi connectivity index (χ2v) is 3.36. The molecule has 0 nitrogen and oxygen atoms in total. The lowest BCUT2D eigenvalue weighted by molar-refractivity contribution is 1.50. The van der Waals surface area contributed by atoms with Crippen molar-refractivity contribution < 1.29 is 0 Å². The molecule has 0 aliphatic rings. The van der Waals surface area contributed by atoms with Crippen LogP contribution in [0.2, 0.25) is 0 Å². The SMILES string of the molecule is C=C[CH]c1ccccc1-c1ccccc1. The third-order valence-corrected chi connectivity index (χ3v) is 2.34. The van der Waals surface area contributed by atoms with E-state index in [1.54, 1.807) is 0 Å². The fourth-order valence-corrected chi connectivity index (χ4v) is 1.65. The molecule has 0 saturated heterocycles. The third kappa shape index (κ3) is 2.16. The predicted octanol–water partition coefficient (Wildman–Crippen LogP) is 4.09. The summed E-state index contributed by atoms with van der Waals surface area (Å²) in [5, 5.41) is 0. The van der Waals surface area contributed by atoms with E-state index in [0.29, 0.717) is 0 Å². The van der Waals surface area contributed by atoms with Crippen LogP contribution in [0.25, 0.3) is 11.1 Å². The van der Waals surface area contributed by atoms with E-state index in [4.69, 9.17) is 0 Å². The van der Waals surface area contributed by atoms with Crippen LogP contribution < -0.4 is 0 Å². The minimum Gasteiger partial charge on any atom is -0.102 e. The van der Waals surface area contributed by atoms with Crippen molar-refractivity contribution in [2.24, 2.45) is 0 Å². The van der Waals surface area contributed by atoms with Gasteiger partial charge in [-0.25, -0.2) is 0 Å². The van der Waals surface area contributed by atoms with E-state index in [1.807, 2.05) is 24.6 Å². The third-order valence-electron chi connectivity index (χ3n) is 2.34. The number of allylic oxidation sites excluding steroid dienone is 1. The molecule has 0 atom stereocenters. The first-order chi connectivity index (χ1) is 7.42. The van der Waals surface area contributed by atoms with Gasteiger partial charge in [-0.05, 0) is 16.7 Å². The van der Waals surface area contributed by atoms with Crippen LogP contribution in [0.15, 0.2) is 67.3 Å². The zero-order valence-corrected chi connectivity index (χ0v) is 8.56. The van der Waals surface area contributed by atoms with Crippen LogP contribution >= 0.6 is 0 Å². The molecule has 0 aromatic heterocycles. The fraction of sp³-hybridized carbons (Fsp3) is 0. The molecule has 0 heteroatoms. The van der Waals surface area contributed by atoms with Crippen molar-refractivity contribution in [3.05, 3.63) is 79.2 Å². The fourth-order valence-electron chi connectivity index (χ4n) is 1.65. The highest BCUT2D eigenvalue weighted by atomic mass is 14.1. The van der Waals surface area contributed by atoms with Gasteiger partial charge in [0, 0.05) is 6.42 Å². The van der Waals surface area contributed by atoms with E-state index in [9.17, 15) is 0 Å². The maximum Gasteiger partial charge on any atom is 0.0125 e. The van der Waals surface area contributed by atoms with E-state index in [2.05, 4.69) is 49.0 Å². The molecule has 2 aromatic carbocycles. The molecular formula is C15H13. The second-order valence-electron chi connectivity index (χ2n) is 3.36. The van der Waals surface area contributed by atoms with Gasteiger partial charge in [0.05, 0.1) is 0 Å². The van der Waals surface area contributed by atoms with Crippen molar-refractivity contribution in [3.8, 4) is 11.1 Å². The van der Waals surface area contributed by atoms with Crippen molar-refractivity contribution in [2.45, 2.75) is 0 Å². The molecule has 0 spiro atoms. The topological polar surface area (TPSA) is 0 Å². The lowest BCUT2D eigenvalue weighted by Crippen LogP contribution is -1.85. The number of hydrogen-bond acceptors (Lipinski definition) is 0. The Kier molecular flexibility index (Phi) is 2.99. The Morgan fingerprint density at radius 2 is 1.47 bits per heavy atom. The summed E-state index contributed by atoms with van der Waals surface area (Å²) < 4.78 is 0. The summed E-state index contributed by atoms with van der Waals surface area (Å²) in [6.45, 7) is 3.74. The molecule has 0 unspecified atom stereocenters. The van der Waals surface area contributed by atoms with Gasteiger partial charge in [-0.1, -0.05) is 60.7 Å². The van der Waals surface area contributed by atoms with Crippen LogP contribution in [-0.4, -0.2) is 0 Å². The van der Waals surface area contributed by atoms with Gasteiger partial charge in [0.15, 0.2) is 0 Å². The molecule has 0 bridgehead atoms. The molecular weight excluding hydrogens is 180 g/mol. The summed E-state index contributed by atoms with van der Waals surface area (Å²) in [5.74, 6) is 0. The van der Waals surface area contributed by atoms with Gasteiger partial charge in [-0.2, -0.15) is 0 Å². The van der Waals surface area contributed by atoms with E-state index in [0.717, 1.165) is 0 Å². The van der Waals surface area contributed by atoms with Crippen LogP contribution in [0.1, 0.15) is 5.56 Å². The van der Waals surface area contributed by atoms with E-state index < -0.39 is 0 Å². The van der Waals surface area contributed by atoms with Crippen LogP contribution in [-0.2, 0) is 0 Å². The van der Waals surface area contributed by atoms with E-state index in [1.165, 1.54) is 16.7 Å². The molecule has 15 heavy (non-hydrogen) atoms. The van der Waals surface area contributed by atoms with Crippen molar-refractivity contribution >= 4 is 0 Å². The Morgan fingerprint density at radius 1 is 0.800 bits per heavy atom. The Hall–Kier alpha value is -1.82. The van der Waals surface area contributed by atoms with Gasteiger partial charge in [-0.15, -0.1) is 6.58 Å². The van der Waals surface area contributed by atoms with Gasteiger partial charge in [0.1, 0.15) is 0 Å². The average Bonchev–Trinajstić information content (AvgIpc) is 2.31.